The van der Waals surface area contributed by atoms with Crippen LogP contribution in [0.4, 0.5) is 13.2 Å². The molecule has 1 aromatic rings. The molecule has 0 heterocycles. The number of rotatable bonds is 3. The Kier molecular flexibility index (Phi) is 3.74. The van der Waals surface area contributed by atoms with E-state index in [4.69, 9.17) is 11.0 Å². The van der Waals surface area contributed by atoms with E-state index >= 15 is 0 Å². The highest BCUT2D eigenvalue weighted by Gasteiger charge is 2.32. The molecule has 1 atom stereocenters. The van der Waals surface area contributed by atoms with Crippen LogP contribution in [-0.4, -0.2) is 6.36 Å². The van der Waals surface area contributed by atoms with Crippen LogP contribution in [0.5, 0.6) is 5.75 Å². The number of benzene rings is 1. The second-order valence-corrected chi connectivity index (χ2v) is 3.05. The SMILES string of the molecule is N#CC[C@@H](N)c1ccccc1OC(F)(F)F. The lowest BCUT2D eigenvalue weighted by molar-refractivity contribution is -0.275. The third kappa shape index (κ3) is 3.44. The van der Waals surface area contributed by atoms with Crippen molar-refractivity contribution >= 4 is 0 Å². The smallest absolute Gasteiger partial charge is 0.405 e. The van der Waals surface area contributed by atoms with Crippen LogP contribution in [0.25, 0.3) is 0 Å². The number of nitrogens with zero attached hydrogens (tertiary/aromatic N) is 1. The van der Waals surface area contributed by atoms with Crippen molar-refractivity contribution in [2.75, 3.05) is 0 Å². The second kappa shape index (κ2) is 4.86. The molecule has 0 amide bonds. The summed E-state index contributed by atoms with van der Waals surface area (Å²) in [5.41, 5.74) is 5.72. The molecule has 0 saturated heterocycles. The van der Waals surface area contributed by atoms with Crippen LogP contribution < -0.4 is 10.5 Å². The topological polar surface area (TPSA) is 59.0 Å². The molecule has 16 heavy (non-hydrogen) atoms. The van der Waals surface area contributed by atoms with Gasteiger partial charge >= 0.3 is 6.36 Å². The van der Waals surface area contributed by atoms with E-state index in [0.29, 0.717) is 0 Å². The predicted octanol–water partition coefficient (Wildman–Crippen LogP) is 2.50. The number of ether oxygens (including phenoxy) is 1. The summed E-state index contributed by atoms with van der Waals surface area (Å²) in [7, 11) is 0. The molecule has 0 unspecified atom stereocenters. The van der Waals surface area contributed by atoms with Crippen molar-refractivity contribution in [3.8, 4) is 11.8 Å². The van der Waals surface area contributed by atoms with Crippen LogP contribution >= 0.6 is 0 Å². The first kappa shape index (κ1) is 12.3. The first-order chi connectivity index (χ1) is 7.44. The highest BCUT2D eigenvalue weighted by Crippen LogP contribution is 2.30. The third-order valence-electron chi connectivity index (χ3n) is 1.86. The molecule has 3 nitrogen and oxygen atoms in total. The van der Waals surface area contributed by atoms with Gasteiger partial charge in [0.2, 0.25) is 0 Å². The number of hydrogen-bond acceptors (Lipinski definition) is 3. The van der Waals surface area contributed by atoms with Gasteiger partial charge in [0, 0.05) is 11.6 Å². The monoisotopic (exact) mass is 230 g/mol. The Balaban J connectivity index is 2.97. The minimum absolute atomic E-state index is 0.0712. The highest BCUT2D eigenvalue weighted by atomic mass is 19.4. The third-order valence-corrected chi connectivity index (χ3v) is 1.86. The summed E-state index contributed by atoms with van der Waals surface area (Å²) < 4.78 is 39.9. The van der Waals surface area contributed by atoms with E-state index in [1.54, 1.807) is 6.07 Å². The Morgan fingerprint density at radius 2 is 2.00 bits per heavy atom. The fourth-order valence-corrected chi connectivity index (χ4v) is 1.21. The van der Waals surface area contributed by atoms with E-state index in [1.807, 2.05) is 0 Å². The minimum Gasteiger partial charge on any atom is -0.405 e. The van der Waals surface area contributed by atoms with Crippen molar-refractivity contribution < 1.29 is 17.9 Å². The summed E-state index contributed by atoms with van der Waals surface area (Å²) in [4.78, 5) is 0. The van der Waals surface area contributed by atoms with Gasteiger partial charge in [-0.15, -0.1) is 13.2 Å². The average Bonchev–Trinajstić information content (AvgIpc) is 2.16. The van der Waals surface area contributed by atoms with Gasteiger partial charge in [0.05, 0.1) is 12.5 Å². The lowest BCUT2D eigenvalue weighted by atomic mass is 10.0. The maximum atomic E-state index is 12.0. The number of halogens is 3. The maximum absolute atomic E-state index is 12.0. The quantitative estimate of drug-likeness (QED) is 0.867. The summed E-state index contributed by atoms with van der Waals surface area (Å²) in [6, 6.07) is 6.52. The van der Waals surface area contributed by atoms with Gasteiger partial charge < -0.3 is 10.5 Å². The normalized spacial score (nSPS) is 12.9. The number of nitrogens with two attached hydrogens (primary N) is 1. The van der Waals surface area contributed by atoms with Gasteiger partial charge in [-0.25, -0.2) is 0 Å². The first-order valence-corrected chi connectivity index (χ1v) is 4.41. The van der Waals surface area contributed by atoms with E-state index in [0.717, 1.165) is 0 Å². The standard InChI is InChI=1S/C10H9F3N2O/c11-10(12,13)16-9-4-2-1-3-7(9)8(15)5-6-14/h1-4,8H,5,15H2/t8-/m1/s1. The summed E-state index contributed by atoms with van der Waals surface area (Å²) in [5.74, 6) is -0.363. The lowest BCUT2D eigenvalue weighted by Gasteiger charge is -2.15. The molecule has 0 aromatic heterocycles. The van der Waals surface area contributed by atoms with E-state index in [9.17, 15) is 13.2 Å². The molecule has 1 aromatic carbocycles. The molecule has 2 N–H and O–H groups in total. The fourth-order valence-electron chi connectivity index (χ4n) is 1.21. The summed E-state index contributed by atoms with van der Waals surface area (Å²) in [6.07, 6.45) is -4.83. The first-order valence-electron chi connectivity index (χ1n) is 4.41. The van der Waals surface area contributed by atoms with Crippen molar-refractivity contribution in [3.63, 3.8) is 0 Å². The summed E-state index contributed by atoms with van der Waals surface area (Å²) >= 11 is 0. The minimum atomic E-state index is -4.76. The fraction of sp³-hybridized carbons (Fsp3) is 0.300. The number of alkyl halides is 3. The van der Waals surface area contributed by atoms with Crippen molar-refractivity contribution in [1.29, 1.82) is 5.26 Å². The maximum Gasteiger partial charge on any atom is 0.573 e. The average molecular weight is 230 g/mol. The van der Waals surface area contributed by atoms with Crippen molar-refractivity contribution in [1.82, 2.24) is 0 Å². The van der Waals surface area contributed by atoms with Gasteiger partial charge in [-0.05, 0) is 6.07 Å². The Morgan fingerprint density at radius 3 is 2.56 bits per heavy atom. The zero-order valence-electron chi connectivity index (χ0n) is 8.16. The zero-order chi connectivity index (χ0) is 12.2. The molecule has 0 radical (unpaired) electrons. The van der Waals surface area contributed by atoms with Gasteiger partial charge in [-0.3, -0.25) is 0 Å². The Hall–Kier alpha value is -1.74. The molecular formula is C10H9F3N2O. The molecule has 0 aliphatic heterocycles. The van der Waals surface area contributed by atoms with Crippen LogP contribution in [-0.2, 0) is 0 Å². The molecule has 1 rings (SSSR count). The van der Waals surface area contributed by atoms with Gasteiger partial charge in [0.25, 0.3) is 0 Å². The van der Waals surface area contributed by atoms with Crippen LogP contribution in [0.3, 0.4) is 0 Å². The van der Waals surface area contributed by atoms with Crippen LogP contribution in [0.15, 0.2) is 24.3 Å². The molecule has 0 aliphatic rings. The van der Waals surface area contributed by atoms with Gasteiger partial charge in [-0.2, -0.15) is 5.26 Å². The number of hydrogen-bond donors (Lipinski definition) is 1. The molecular weight excluding hydrogens is 221 g/mol. The molecule has 6 heteroatoms. The highest BCUT2D eigenvalue weighted by molar-refractivity contribution is 5.36. The van der Waals surface area contributed by atoms with Crippen molar-refractivity contribution in [2.24, 2.45) is 5.73 Å². The van der Waals surface area contributed by atoms with Crippen LogP contribution in [0.2, 0.25) is 0 Å². The van der Waals surface area contributed by atoms with E-state index < -0.39 is 12.4 Å². The molecule has 0 bridgehead atoms. The van der Waals surface area contributed by atoms with Crippen molar-refractivity contribution in [3.05, 3.63) is 29.8 Å². The Labute approximate surface area is 90.2 Å². The van der Waals surface area contributed by atoms with Gasteiger partial charge in [0.1, 0.15) is 5.75 Å². The van der Waals surface area contributed by atoms with Crippen LogP contribution in [0.1, 0.15) is 18.0 Å². The number of para-hydroxylation sites is 1. The number of nitriles is 1. The molecule has 0 fully saturated rings. The summed E-state index contributed by atoms with van der Waals surface area (Å²) in [6.45, 7) is 0. The van der Waals surface area contributed by atoms with E-state index in [2.05, 4.69) is 4.74 Å². The van der Waals surface area contributed by atoms with Gasteiger partial charge in [-0.1, -0.05) is 18.2 Å². The molecule has 0 aliphatic carbocycles. The second-order valence-electron chi connectivity index (χ2n) is 3.05. The summed E-state index contributed by atoms with van der Waals surface area (Å²) in [5, 5.41) is 8.43. The van der Waals surface area contributed by atoms with E-state index in [-0.39, 0.29) is 17.7 Å². The Morgan fingerprint density at radius 1 is 1.38 bits per heavy atom. The van der Waals surface area contributed by atoms with Crippen molar-refractivity contribution in [2.45, 2.75) is 18.8 Å². The molecule has 0 saturated carbocycles. The largest absolute Gasteiger partial charge is 0.573 e. The van der Waals surface area contributed by atoms with Crippen LogP contribution in [0, 0.1) is 11.3 Å². The predicted molar refractivity (Wildman–Crippen MR) is 50.3 cm³/mol. The zero-order valence-corrected chi connectivity index (χ0v) is 8.16. The van der Waals surface area contributed by atoms with Gasteiger partial charge in [0.15, 0.2) is 0 Å². The lowest BCUT2D eigenvalue weighted by Crippen LogP contribution is -2.20. The Bertz CT molecular complexity index is 398. The van der Waals surface area contributed by atoms with E-state index in [1.165, 1.54) is 24.3 Å². The molecule has 86 valence electrons. The molecule has 0 spiro atoms.